The predicted molar refractivity (Wildman–Crippen MR) is 86.1 cm³/mol. The molecule has 0 aliphatic carbocycles. The van der Waals surface area contributed by atoms with Crippen LogP contribution in [0.25, 0.3) is 0 Å². The maximum absolute atomic E-state index is 3.63. The SMILES string of the molecule is c1ccc(CN2C[C@H]3CNCc4ccccc4[C@@H]3C2)cc1. The summed E-state index contributed by atoms with van der Waals surface area (Å²) in [6.07, 6.45) is 0. The fraction of sp³-hybridized carbons (Fsp3) is 0.368. The lowest BCUT2D eigenvalue weighted by atomic mass is 9.87. The highest BCUT2D eigenvalue weighted by Crippen LogP contribution is 2.36. The van der Waals surface area contributed by atoms with E-state index in [9.17, 15) is 0 Å². The summed E-state index contributed by atoms with van der Waals surface area (Å²) in [4.78, 5) is 2.62. The largest absolute Gasteiger partial charge is 0.312 e. The van der Waals surface area contributed by atoms with Gasteiger partial charge < -0.3 is 5.32 Å². The van der Waals surface area contributed by atoms with Crippen LogP contribution in [0, 0.1) is 5.92 Å². The second kappa shape index (κ2) is 5.63. The van der Waals surface area contributed by atoms with Gasteiger partial charge in [-0.1, -0.05) is 54.6 Å². The first-order chi connectivity index (χ1) is 10.4. The number of likely N-dealkylation sites (tertiary alicyclic amines) is 1. The van der Waals surface area contributed by atoms with Crippen molar-refractivity contribution in [1.82, 2.24) is 10.2 Å². The van der Waals surface area contributed by atoms with E-state index in [1.807, 2.05) is 0 Å². The summed E-state index contributed by atoms with van der Waals surface area (Å²) in [6, 6.07) is 19.8. The average Bonchev–Trinajstić information content (AvgIpc) is 2.83. The molecule has 2 aromatic carbocycles. The van der Waals surface area contributed by atoms with Gasteiger partial charge >= 0.3 is 0 Å². The molecule has 2 aliphatic rings. The van der Waals surface area contributed by atoms with E-state index in [4.69, 9.17) is 0 Å². The zero-order chi connectivity index (χ0) is 14.1. The Hall–Kier alpha value is -1.64. The first-order valence-corrected chi connectivity index (χ1v) is 7.95. The Morgan fingerprint density at radius 1 is 0.952 bits per heavy atom. The van der Waals surface area contributed by atoms with Crippen LogP contribution in [-0.2, 0) is 13.1 Å². The van der Waals surface area contributed by atoms with Crippen LogP contribution in [-0.4, -0.2) is 24.5 Å². The predicted octanol–water partition coefficient (Wildman–Crippen LogP) is 3.01. The summed E-state index contributed by atoms with van der Waals surface area (Å²) in [5, 5.41) is 3.63. The number of fused-ring (bicyclic) bond motifs is 3. The van der Waals surface area contributed by atoms with E-state index in [0.29, 0.717) is 5.92 Å². The van der Waals surface area contributed by atoms with E-state index < -0.39 is 0 Å². The summed E-state index contributed by atoms with van der Waals surface area (Å²) in [5.41, 5.74) is 4.49. The van der Waals surface area contributed by atoms with Gasteiger partial charge in [-0.15, -0.1) is 0 Å². The van der Waals surface area contributed by atoms with Crippen LogP contribution in [0.15, 0.2) is 54.6 Å². The van der Waals surface area contributed by atoms with Crippen molar-refractivity contribution in [2.75, 3.05) is 19.6 Å². The van der Waals surface area contributed by atoms with E-state index in [1.165, 1.54) is 24.2 Å². The minimum absolute atomic E-state index is 0.694. The second-order valence-corrected chi connectivity index (χ2v) is 6.38. The molecule has 1 fully saturated rings. The zero-order valence-electron chi connectivity index (χ0n) is 12.3. The molecule has 2 atom stereocenters. The van der Waals surface area contributed by atoms with Gasteiger partial charge in [0, 0.05) is 38.6 Å². The monoisotopic (exact) mass is 278 g/mol. The molecule has 4 rings (SSSR count). The molecular weight excluding hydrogens is 256 g/mol. The molecule has 2 nitrogen and oxygen atoms in total. The zero-order valence-corrected chi connectivity index (χ0v) is 12.3. The van der Waals surface area contributed by atoms with E-state index in [2.05, 4.69) is 64.8 Å². The van der Waals surface area contributed by atoms with Crippen LogP contribution < -0.4 is 5.32 Å². The third-order valence-corrected chi connectivity index (χ3v) is 4.94. The van der Waals surface area contributed by atoms with E-state index >= 15 is 0 Å². The average molecular weight is 278 g/mol. The number of hydrogen-bond acceptors (Lipinski definition) is 2. The molecule has 0 saturated carbocycles. The number of rotatable bonds is 2. The number of benzene rings is 2. The van der Waals surface area contributed by atoms with Crippen LogP contribution in [0.1, 0.15) is 22.6 Å². The van der Waals surface area contributed by atoms with E-state index in [-0.39, 0.29) is 0 Å². The Balaban J connectivity index is 1.55. The van der Waals surface area contributed by atoms with Crippen molar-refractivity contribution in [3.05, 3.63) is 71.3 Å². The molecule has 0 amide bonds. The number of nitrogens with one attached hydrogen (secondary N) is 1. The van der Waals surface area contributed by atoms with Gasteiger partial charge in [0.25, 0.3) is 0 Å². The summed E-state index contributed by atoms with van der Waals surface area (Å²) in [6.45, 7) is 5.65. The van der Waals surface area contributed by atoms with Gasteiger partial charge in [0.2, 0.25) is 0 Å². The maximum atomic E-state index is 3.63. The summed E-state index contributed by atoms with van der Waals surface area (Å²) in [7, 11) is 0. The molecule has 1 saturated heterocycles. The van der Waals surface area contributed by atoms with Gasteiger partial charge in [-0.05, 0) is 22.6 Å². The Morgan fingerprint density at radius 3 is 2.67 bits per heavy atom. The van der Waals surface area contributed by atoms with Gasteiger partial charge in [-0.2, -0.15) is 0 Å². The second-order valence-electron chi connectivity index (χ2n) is 6.38. The Morgan fingerprint density at radius 2 is 1.76 bits per heavy atom. The lowest BCUT2D eigenvalue weighted by Crippen LogP contribution is -2.25. The minimum atomic E-state index is 0.694. The Kier molecular flexibility index (Phi) is 3.50. The first-order valence-electron chi connectivity index (χ1n) is 7.95. The molecule has 2 heteroatoms. The number of hydrogen-bond donors (Lipinski definition) is 1. The third kappa shape index (κ3) is 2.61. The van der Waals surface area contributed by atoms with Crippen molar-refractivity contribution < 1.29 is 0 Å². The van der Waals surface area contributed by atoms with Crippen molar-refractivity contribution in [3.63, 3.8) is 0 Å². The molecule has 1 N–H and O–H groups in total. The summed E-state index contributed by atoms with van der Waals surface area (Å²) >= 11 is 0. The van der Waals surface area contributed by atoms with Crippen molar-refractivity contribution in [1.29, 1.82) is 0 Å². The summed E-state index contributed by atoms with van der Waals surface area (Å²) in [5.74, 6) is 1.44. The molecule has 21 heavy (non-hydrogen) atoms. The molecule has 0 bridgehead atoms. The first kappa shape index (κ1) is 13.1. The van der Waals surface area contributed by atoms with Gasteiger partial charge in [0.05, 0.1) is 0 Å². The van der Waals surface area contributed by atoms with Crippen LogP contribution >= 0.6 is 0 Å². The molecule has 0 aromatic heterocycles. The van der Waals surface area contributed by atoms with Gasteiger partial charge in [0.15, 0.2) is 0 Å². The van der Waals surface area contributed by atoms with Gasteiger partial charge in [-0.25, -0.2) is 0 Å². The molecule has 2 aromatic rings. The van der Waals surface area contributed by atoms with Crippen molar-refractivity contribution >= 4 is 0 Å². The highest BCUT2D eigenvalue weighted by atomic mass is 15.2. The molecule has 0 spiro atoms. The normalized spacial score (nSPS) is 25.1. The topological polar surface area (TPSA) is 15.3 Å². The molecule has 108 valence electrons. The lowest BCUT2D eigenvalue weighted by molar-refractivity contribution is 0.313. The number of nitrogens with zero attached hydrogens (tertiary/aromatic N) is 1. The fourth-order valence-corrected chi connectivity index (χ4v) is 3.94. The van der Waals surface area contributed by atoms with Gasteiger partial charge in [0.1, 0.15) is 0 Å². The Labute approximate surface area is 126 Å². The summed E-state index contributed by atoms with van der Waals surface area (Å²) < 4.78 is 0. The van der Waals surface area contributed by atoms with E-state index in [0.717, 1.165) is 25.6 Å². The van der Waals surface area contributed by atoms with Crippen LogP contribution in [0.4, 0.5) is 0 Å². The highest BCUT2D eigenvalue weighted by Gasteiger charge is 2.35. The maximum Gasteiger partial charge on any atom is 0.0234 e. The van der Waals surface area contributed by atoms with Crippen LogP contribution in [0.5, 0.6) is 0 Å². The molecule has 0 radical (unpaired) electrons. The minimum Gasteiger partial charge on any atom is -0.312 e. The standard InChI is InChI=1S/C19H22N2/c1-2-6-15(7-3-1)12-21-13-17-11-20-10-16-8-4-5-9-18(16)19(17)14-21/h1-9,17,19-20H,10-14H2/t17-,19-/m1/s1. The smallest absolute Gasteiger partial charge is 0.0234 e. The molecule has 2 heterocycles. The lowest BCUT2D eigenvalue weighted by Gasteiger charge is -2.17. The molecule has 2 aliphatic heterocycles. The van der Waals surface area contributed by atoms with Crippen molar-refractivity contribution in [2.45, 2.75) is 19.0 Å². The molecular formula is C19H22N2. The quantitative estimate of drug-likeness (QED) is 0.908. The van der Waals surface area contributed by atoms with Crippen molar-refractivity contribution in [3.8, 4) is 0 Å². The van der Waals surface area contributed by atoms with Crippen LogP contribution in [0.3, 0.4) is 0 Å². The van der Waals surface area contributed by atoms with Gasteiger partial charge in [-0.3, -0.25) is 4.90 Å². The van der Waals surface area contributed by atoms with Crippen LogP contribution in [0.2, 0.25) is 0 Å². The fourth-order valence-electron chi connectivity index (χ4n) is 3.94. The molecule has 0 unspecified atom stereocenters. The van der Waals surface area contributed by atoms with E-state index in [1.54, 1.807) is 5.56 Å². The third-order valence-electron chi connectivity index (χ3n) is 4.94. The Bertz CT molecular complexity index is 608. The van der Waals surface area contributed by atoms with Crippen molar-refractivity contribution in [2.24, 2.45) is 5.92 Å². The highest BCUT2D eigenvalue weighted by molar-refractivity contribution is 5.33.